The Labute approximate surface area is 103 Å². The predicted octanol–water partition coefficient (Wildman–Crippen LogP) is 0.431. The van der Waals surface area contributed by atoms with E-state index in [4.69, 9.17) is 28.4 Å². The van der Waals surface area contributed by atoms with Crippen molar-refractivity contribution in [3.05, 3.63) is 23.5 Å². The normalized spacial score (nSPS) is 23.1. The van der Waals surface area contributed by atoms with E-state index in [2.05, 4.69) is 10.2 Å². The number of ether oxygens (including phenoxy) is 6. The van der Waals surface area contributed by atoms with E-state index in [9.17, 15) is 0 Å². The van der Waals surface area contributed by atoms with Gasteiger partial charge in [-0.15, -0.1) is 0 Å². The van der Waals surface area contributed by atoms with Crippen molar-refractivity contribution in [2.45, 2.75) is 12.6 Å². The summed E-state index contributed by atoms with van der Waals surface area (Å²) in [6.45, 7) is 0.674. The molecule has 3 heterocycles. The molecule has 2 saturated heterocycles. The summed E-state index contributed by atoms with van der Waals surface area (Å²) < 4.78 is 31.3. The van der Waals surface area contributed by atoms with Gasteiger partial charge in [-0.3, -0.25) is 0 Å². The molecule has 0 atom stereocenters. The molecule has 0 radical (unpaired) electrons. The third-order valence-corrected chi connectivity index (χ3v) is 2.51. The molecule has 3 rings (SSSR count). The maximum atomic E-state index is 5.34. The highest BCUT2D eigenvalue weighted by Gasteiger charge is 2.27. The molecule has 1 aromatic heterocycles. The highest BCUT2D eigenvalue weighted by molar-refractivity contribution is 5.23. The smallest absolute Gasteiger partial charge is 0.191 e. The van der Waals surface area contributed by atoms with Gasteiger partial charge in [-0.05, 0) is 0 Å². The Hall–Kier alpha value is -1.16. The summed E-state index contributed by atoms with van der Waals surface area (Å²) in [7, 11) is 0. The highest BCUT2D eigenvalue weighted by atomic mass is 16.9. The molecule has 0 amide bonds. The van der Waals surface area contributed by atoms with Gasteiger partial charge in [0.15, 0.2) is 39.8 Å². The van der Waals surface area contributed by atoms with E-state index < -0.39 is 12.6 Å². The fourth-order valence-corrected chi connectivity index (χ4v) is 1.70. The third kappa shape index (κ3) is 2.48. The Bertz CT molecular complexity index is 355. The molecule has 0 aliphatic carbocycles. The van der Waals surface area contributed by atoms with E-state index in [1.165, 1.54) is 0 Å². The van der Waals surface area contributed by atoms with Crippen molar-refractivity contribution < 1.29 is 28.4 Å². The van der Waals surface area contributed by atoms with Gasteiger partial charge in [-0.2, -0.15) is 10.2 Å². The van der Waals surface area contributed by atoms with Crippen molar-refractivity contribution in [3.8, 4) is 0 Å². The van der Waals surface area contributed by atoms with Crippen LogP contribution in [0.15, 0.2) is 12.4 Å². The number of hydrogen-bond donors (Lipinski definition) is 0. The lowest BCUT2D eigenvalue weighted by molar-refractivity contribution is -0.313. The molecule has 0 spiro atoms. The van der Waals surface area contributed by atoms with Crippen LogP contribution in [0.25, 0.3) is 0 Å². The molecule has 0 unspecified atom stereocenters. The zero-order chi connectivity index (χ0) is 12.2. The highest BCUT2D eigenvalue weighted by Crippen LogP contribution is 2.31. The zero-order valence-electron chi connectivity index (χ0n) is 9.48. The minimum absolute atomic E-state index is 0.169. The van der Waals surface area contributed by atoms with Crippen molar-refractivity contribution in [2.75, 3.05) is 27.2 Å². The Morgan fingerprint density at radius 2 is 1.11 bits per heavy atom. The lowest BCUT2D eigenvalue weighted by atomic mass is 10.1. The molecule has 0 aromatic carbocycles. The summed E-state index contributed by atoms with van der Waals surface area (Å²) in [5.74, 6) is 0. The predicted molar refractivity (Wildman–Crippen MR) is 53.5 cm³/mol. The van der Waals surface area contributed by atoms with Crippen molar-refractivity contribution in [1.82, 2.24) is 10.2 Å². The SMILES string of the molecule is c1nncc(C2OCOCO2)c1C1OCOCO1. The summed E-state index contributed by atoms with van der Waals surface area (Å²) in [6, 6.07) is 0. The second-order valence-electron chi connectivity index (χ2n) is 3.61. The Morgan fingerprint density at radius 3 is 1.50 bits per heavy atom. The third-order valence-electron chi connectivity index (χ3n) is 2.51. The van der Waals surface area contributed by atoms with Gasteiger partial charge in [0, 0.05) is 11.1 Å². The molecule has 0 saturated carbocycles. The van der Waals surface area contributed by atoms with E-state index >= 15 is 0 Å². The van der Waals surface area contributed by atoms with E-state index in [0.29, 0.717) is 11.1 Å². The Morgan fingerprint density at radius 1 is 0.722 bits per heavy atom. The molecule has 0 bridgehead atoms. The van der Waals surface area contributed by atoms with Crippen LogP contribution in [0.2, 0.25) is 0 Å². The average molecular weight is 256 g/mol. The standard InChI is InChI=1S/C10H12N2O6/c1-7(9-15-3-13-4-16-9)8(2-12-11-1)10-17-5-14-6-18-10/h1-2,9-10H,3-6H2. The van der Waals surface area contributed by atoms with Gasteiger partial charge in [-0.1, -0.05) is 0 Å². The van der Waals surface area contributed by atoms with Crippen LogP contribution in [-0.4, -0.2) is 37.4 Å². The quantitative estimate of drug-likeness (QED) is 0.753. The minimum Gasteiger partial charge on any atom is -0.329 e. The van der Waals surface area contributed by atoms with E-state index in [1.807, 2.05) is 0 Å². The zero-order valence-corrected chi connectivity index (χ0v) is 9.48. The van der Waals surface area contributed by atoms with Gasteiger partial charge in [0.1, 0.15) is 0 Å². The Kier molecular flexibility index (Phi) is 3.74. The van der Waals surface area contributed by atoms with Crippen LogP contribution in [0, 0.1) is 0 Å². The van der Waals surface area contributed by atoms with E-state index in [0.717, 1.165) is 0 Å². The van der Waals surface area contributed by atoms with E-state index in [-0.39, 0.29) is 27.2 Å². The van der Waals surface area contributed by atoms with E-state index in [1.54, 1.807) is 12.4 Å². The lowest BCUT2D eigenvalue weighted by Gasteiger charge is -2.28. The summed E-state index contributed by atoms with van der Waals surface area (Å²) in [4.78, 5) is 0. The van der Waals surface area contributed by atoms with Gasteiger partial charge in [0.05, 0.1) is 12.4 Å². The number of nitrogens with zero attached hydrogens (tertiary/aromatic N) is 2. The fourth-order valence-electron chi connectivity index (χ4n) is 1.70. The largest absolute Gasteiger partial charge is 0.329 e. The second kappa shape index (κ2) is 5.65. The number of rotatable bonds is 2. The molecule has 2 aliphatic rings. The van der Waals surface area contributed by atoms with Gasteiger partial charge < -0.3 is 28.4 Å². The fraction of sp³-hybridized carbons (Fsp3) is 0.600. The van der Waals surface area contributed by atoms with Crippen molar-refractivity contribution >= 4 is 0 Å². The summed E-state index contributed by atoms with van der Waals surface area (Å²) in [5.41, 5.74) is 1.42. The van der Waals surface area contributed by atoms with Crippen LogP contribution < -0.4 is 0 Å². The molecule has 8 nitrogen and oxygen atoms in total. The monoisotopic (exact) mass is 256 g/mol. The van der Waals surface area contributed by atoms with Crippen LogP contribution in [0.1, 0.15) is 23.7 Å². The van der Waals surface area contributed by atoms with Crippen LogP contribution in [-0.2, 0) is 28.4 Å². The van der Waals surface area contributed by atoms with Crippen LogP contribution >= 0.6 is 0 Å². The maximum Gasteiger partial charge on any atom is 0.191 e. The van der Waals surface area contributed by atoms with Crippen molar-refractivity contribution in [3.63, 3.8) is 0 Å². The summed E-state index contributed by atoms with van der Waals surface area (Å²) in [6.07, 6.45) is 2.01. The molecule has 1 aromatic rings. The minimum atomic E-state index is -0.556. The first kappa shape index (κ1) is 11.9. The first-order valence-corrected chi connectivity index (χ1v) is 5.37. The molecule has 0 N–H and O–H groups in total. The lowest BCUT2D eigenvalue weighted by Crippen LogP contribution is -2.25. The molecule has 98 valence electrons. The maximum absolute atomic E-state index is 5.34. The van der Waals surface area contributed by atoms with Crippen molar-refractivity contribution in [1.29, 1.82) is 0 Å². The van der Waals surface area contributed by atoms with Gasteiger partial charge in [-0.25, -0.2) is 0 Å². The second-order valence-corrected chi connectivity index (χ2v) is 3.61. The van der Waals surface area contributed by atoms with Gasteiger partial charge in [0.2, 0.25) is 0 Å². The van der Waals surface area contributed by atoms with Crippen molar-refractivity contribution in [2.24, 2.45) is 0 Å². The van der Waals surface area contributed by atoms with Crippen LogP contribution in [0.5, 0.6) is 0 Å². The molecular formula is C10H12N2O6. The summed E-state index contributed by atoms with van der Waals surface area (Å²) in [5, 5.41) is 7.64. The Balaban J connectivity index is 1.83. The molecule has 18 heavy (non-hydrogen) atoms. The first-order valence-electron chi connectivity index (χ1n) is 5.37. The topological polar surface area (TPSA) is 81.2 Å². The molecule has 2 fully saturated rings. The van der Waals surface area contributed by atoms with Gasteiger partial charge >= 0.3 is 0 Å². The summed E-state index contributed by atoms with van der Waals surface area (Å²) >= 11 is 0. The first-order chi connectivity index (χ1) is 8.95. The van der Waals surface area contributed by atoms with Crippen LogP contribution in [0.4, 0.5) is 0 Å². The molecular weight excluding hydrogens is 244 g/mol. The van der Waals surface area contributed by atoms with Crippen LogP contribution in [0.3, 0.4) is 0 Å². The van der Waals surface area contributed by atoms with Gasteiger partial charge in [0.25, 0.3) is 0 Å². The number of aromatic nitrogens is 2. The molecule has 8 heteroatoms. The molecule has 2 aliphatic heterocycles. The average Bonchev–Trinajstić information content (AvgIpc) is 2.49. The number of hydrogen-bond acceptors (Lipinski definition) is 8.